The van der Waals surface area contributed by atoms with Crippen molar-refractivity contribution in [3.63, 3.8) is 0 Å². The minimum atomic E-state index is -1.98. The Morgan fingerprint density at radius 1 is 1.04 bits per heavy atom. The second-order valence-electron chi connectivity index (χ2n) is 13.7. The number of hydrogen-bond donors (Lipinski definition) is 1. The number of carbonyl (C=O) groups excluding carboxylic acids is 1. The number of benzene rings is 1. The lowest BCUT2D eigenvalue weighted by Crippen LogP contribution is -2.43. The zero-order chi connectivity index (χ0) is 34.6. The molecule has 5 rings (SSSR count). The second-order valence-corrected chi connectivity index (χ2v) is 19.3. The van der Waals surface area contributed by atoms with Gasteiger partial charge in [0, 0.05) is 32.2 Å². The van der Waals surface area contributed by atoms with E-state index in [9.17, 15) is 4.79 Å². The molecule has 1 aliphatic rings. The number of rotatable bonds is 12. The molecule has 1 unspecified atom stereocenters. The van der Waals surface area contributed by atoms with Crippen LogP contribution in [0.4, 0.5) is 0 Å². The van der Waals surface area contributed by atoms with Crippen molar-refractivity contribution < 1.29 is 19.0 Å². The fourth-order valence-electron chi connectivity index (χ4n) is 7.18. The third-order valence-corrected chi connectivity index (χ3v) is 15.9. The van der Waals surface area contributed by atoms with Crippen LogP contribution in [0.2, 0.25) is 16.6 Å². The van der Waals surface area contributed by atoms with E-state index in [2.05, 4.69) is 86.7 Å². The number of hydrogen-bond acceptors (Lipinski definition) is 7. The van der Waals surface area contributed by atoms with Crippen LogP contribution >= 0.6 is 0 Å². The Hall–Kier alpha value is -4.08. The average Bonchev–Trinajstić information content (AvgIpc) is 3.71. The van der Waals surface area contributed by atoms with Crippen molar-refractivity contribution in [3.8, 4) is 34.4 Å². The molecule has 11 nitrogen and oxygen atoms in total. The van der Waals surface area contributed by atoms with Gasteiger partial charge in [-0.25, -0.2) is 14.0 Å². The zero-order valence-corrected chi connectivity index (χ0v) is 31.0. The monoisotopic (exact) mass is 673 g/mol. The van der Waals surface area contributed by atoms with E-state index < -0.39 is 8.07 Å². The third kappa shape index (κ3) is 7.32. The van der Waals surface area contributed by atoms with Gasteiger partial charge in [0.2, 0.25) is 11.8 Å². The van der Waals surface area contributed by atoms with Crippen LogP contribution in [-0.4, -0.2) is 69.7 Å². The van der Waals surface area contributed by atoms with Gasteiger partial charge in [0.1, 0.15) is 20.4 Å². The summed E-state index contributed by atoms with van der Waals surface area (Å²) in [6.07, 6.45) is 4.83. The first kappa shape index (κ1) is 35.2. The highest BCUT2D eigenvalue weighted by Crippen LogP contribution is 2.41. The molecule has 1 saturated heterocycles. The Balaban J connectivity index is 1.39. The van der Waals surface area contributed by atoms with E-state index in [0.29, 0.717) is 34.9 Å². The van der Waals surface area contributed by atoms with Gasteiger partial charge < -0.3 is 19.5 Å². The van der Waals surface area contributed by atoms with Crippen LogP contribution in [0.25, 0.3) is 22.0 Å². The summed E-state index contributed by atoms with van der Waals surface area (Å²) in [5, 5.41) is 17.7. The average molecular weight is 674 g/mol. The van der Waals surface area contributed by atoms with E-state index in [1.165, 1.54) is 0 Å². The lowest BCUT2D eigenvalue weighted by molar-refractivity contribution is -0.123. The van der Waals surface area contributed by atoms with Crippen molar-refractivity contribution in [1.82, 2.24) is 34.7 Å². The Morgan fingerprint density at radius 2 is 1.79 bits per heavy atom. The molecule has 1 aliphatic heterocycles. The molecule has 1 fully saturated rings. The molecule has 12 heteroatoms. The van der Waals surface area contributed by atoms with Crippen molar-refractivity contribution in [2.75, 3.05) is 26.4 Å². The molecule has 1 amide bonds. The smallest absolute Gasteiger partial charge is 0.258 e. The Labute approximate surface area is 285 Å². The molecule has 0 radical (unpaired) electrons. The summed E-state index contributed by atoms with van der Waals surface area (Å²) in [6, 6.07) is 8.14. The van der Waals surface area contributed by atoms with Gasteiger partial charge >= 0.3 is 0 Å². The summed E-state index contributed by atoms with van der Waals surface area (Å²) in [5.74, 6) is 4.55. The first-order valence-corrected chi connectivity index (χ1v) is 19.4. The number of ether oxygens (including phenoxy) is 3. The van der Waals surface area contributed by atoms with Gasteiger partial charge in [0.25, 0.3) is 5.91 Å². The number of carbonyl (C=O) groups is 1. The fraction of sp³-hybridized carbons (Fsp3) is 0.556. The lowest BCUT2D eigenvalue weighted by atomic mass is 10.1. The largest absolute Gasteiger partial charge is 0.476 e. The van der Waals surface area contributed by atoms with Crippen LogP contribution in [0.5, 0.6) is 11.8 Å². The van der Waals surface area contributed by atoms with Crippen LogP contribution in [0.15, 0.2) is 30.5 Å². The first-order valence-electron chi connectivity index (χ1n) is 17.1. The molecule has 1 aromatic carbocycles. The maximum atomic E-state index is 12.4. The molecule has 4 heterocycles. The highest BCUT2D eigenvalue weighted by atomic mass is 28.3. The van der Waals surface area contributed by atoms with Crippen molar-refractivity contribution in [2.45, 2.75) is 90.6 Å². The summed E-state index contributed by atoms with van der Waals surface area (Å²) < 4.78 is 23.3. The molecular formula is C36H51N7O4Si. The molecule has 0 spiro atoms. The van der Waals surface area contributed by atoms with Crippen molar-refractivity contribution in [1.29, 1.82) is 0 Å². The van der Waals surface area contributed by atoms with E-state index in [-0.39, 0.29) is 25.3 Å². The van der Waals surface area contributed by atoms with Crippen LogP contribution in [0.3, 0.4) is 0 Å². The quantitative estimate of drug-likeness (QED) is 0.106. The number of amides is 1. The molecule has 0 saturated carbocycles. The molecule has 0 aliphatic carbocycles. The maximum Gasteiger partial charge on any atom is 0.258 e. The fourth-order valence-corrected chi connectivity index (χ4v) is 12.4. The lowest BCUT2D eigenvalue weighted by Gasteiger charge is -2.38. The maximum absolute atomic E-state index is 12.4. The number of nitrogens with zero attached hydrogens (tertiary/aromatic N) is 6. The molecule has 1 N–H and O–H groups in total. The number of aromatic nitrogens is 6. The molecule has 258 valence electrons. The van der Waals surface area contributed by atoms with E-state index in [4.69, 9.17) is 19.3 Å². The molecule has 3 aromatic heterocycles. The Morgan fingerprint density at radius 3 is 2.44 bits per heavy atom. The second kappa shape index (κ2) is 15.0. The molecule has 4 aromatic rings. The Bertz CT molecular complexity index is 1760. The van der Waals surface area contributed by atoms with Gasteiger partial charge in [-0.05, 0) is 60.5 Å². The highest BCUT2D eigenvalue weighted by molar-refractivity contribution is 6.90. The van der Waals surface area contributed by atoms with Gasteiger partial charge in [-0.2, -0.15) is 15.3 Å². The van der Waals surface area contributed by atoms with Crippen LogP contribution < -0.4 is 14.8 Å². The van der Waals surface area contributed by atoms with E-state index in [0.717, 1.165) is 59.3 Å². The minimum Gasteiger partial charge on any atom is -0.476 e. The molecular weight excluding hydrogens is 623 g/mol. The van der Waals surface area contributed by atoms with Crippen LogP contribution in [0.1, 0.15) is 78.4 Å². The van der Waals surface area contributed by atoms with Crippen molar-refractivity contribution >= 4 is 24.9 Å². The summed E-state index contributed by atoms with van der Waals surface area (Å²) in [4.78, 5) is 12.4. The van der Waals surface area contributed by atoms with Gasteiger partial charge in [-0.15, -0.1) is 5.54 Å². The minimum absolute atomic E-state index is 0.101. The van der Waals surface area contributed by atoms with Crippen LogP contribution in [-0.2, 0) is 23.6 Å². The van der Waals surface area contributed by atoms with Gasteiger partial charge in [-0.1, -0.05) is 53.5 Å². The van der Waals surface area contributed by atoms with Gasteiger partial charge in [0.05, 0.1) is 29.5 Å². The van der Waals surface area contributed by atoms with Gasteiger partial charge in [-0.3, -0.25) is 4.79 Å². The molecule has 1 atom stereocenters. The summed E-state index contributed by atoms with van der Waals surface area (Å²) in [5.41, 5.74) is 9.89. The number of aryl methyl sites for hydroxylation is 3. The zero-order valence-electron chi connectivity index (χ0n) is 30.0. The van der Waals surface area contributed by atoms with Crippen molar-refractivity contribution in [2.24, 2.45) is 14.1 Å². The Kier molecular flexibility index (Phi) is 11.0. The predicted octanol–water partition coefficient (Wildman–Crippen LogP) is 6.32. The summed E-state index contributed by atoms with van der Waals surface area (Å²) >= 11 is 0. The van der Waals surface area contributed by atoms with E-state index in [1.54, 1.807) is 22.5 Å². The number of nitrogens with one attached hydrogen (secondary N) is 1. The van der Waals surface area contributed by atoms with Crippen LogP contribution in [0, 0.1) is 18.4 Å². The SMILES string of the molecule is Cc1cc(OCC(=O)NCCOc2c(-c3ccc4c(c3)c(C#C[Si](C(C)C)(C(C)C)C(C)C)nn4C3CCCCO3)cnn2C)n(C)n1. The summed E-state index contributed by atoms with van der Waals surface area (Å²) in [7, 11) is 1.65. The molecule has 0 bridgehead atoms. The topological polar surface area (TPSA) is 110 Å². The van der Waals surface area contributed by atoms with Crippen molar-refractivity contribution in [3.05, 3.63) is 41.9 Å². The third-order valence-electron chi connectivity index (χ3n) is 9.57. The number of fused-ring (bicyclic) bond motifs is 1. The van der Waals surface area contributed by atoms with Gasteiger partial charge in [0.15, 0.2) is 12.8 Å². The highest BCUT2D eigenvalue weighted by Gasteiger charge is 2.41. The predicted molar refractivity (Wildman–Crippen MR) is 191 cm³/mol. The van der Waals surface area contributed by atoms with E-state index >= 15 is 0 Å². The standard InChI is InChI=1S/C36H51N7O4Si/c1-24(2)48(25(3)4,26(5)6)19-15-31-29-21-28(13-14-32(29)43(40-31)34-12-10-11-17-45-34)30-22-38-42(9)36(30)46-18-16-37-33(44)23-47-35-20-27(7)39-41(35)8/h13-14,20-22,24-26,34H,10-12,16-18,23H2,1-9H3,(H,37,44). The normalized spacial score (nSPS) is 15.3. The summed E-state index contributed by atoms with van der Waals surface area (Å²) in [6.45, 7) is 17.1. The first-order chi connectivity index (χ1) is 22.9. The van der Waals surface area contributed by atoms with E-state index in [1.807, 2.05) is 24.9 Å². The molecule has 48 heavy (non-hydrogen) atoms.